The summed E-state index contributed by atoms with van der Waals surface area (Å²) in [6, 6.07) is 0.153. The minimum atomic E-state index is -3.45. The van der Waals surface area contributed by atoms with E-state index in [1.165, 1.54) is 12.5 Å². The average molecular weight is 272 g/mol. The third kappa shape index (κ3) is 2.43. The van der Waals surface area contributed by atoms with Crippen LogP contribution < -0.4 is 5.32 Å². The summed E-state index contributed by atoms with van der Waals surface area (Å²) in [5.74, 6) is 0. The number of hydrogen-bond acceptors (Lipinski definition) is 4. The van der Waals surface area contributed by atoms with E-state index in [4.69, 9.17) is 0 Å². The fourth-order valence-corrected chi connectivity index (χ4v) is 4.09. The molecule has 1 fully saturated rings. The normalized spacial score (nSPS) is 24.0. The zero-order chi connectivity index (χ0) is 13.2. The molecule has 2 heterocycles. The molecule has 2 N–H and O–H groups in total. The molecule has 6 nitrogen and oxygen atoms in total. The molecule has 0 aromatic carbocycles. The zero-order valence-electron chi connectivity index (χ0n) is 10.8. The second-order valence-corrected chi connectivity index (χ2v) is 6.53. The number of rotatable bonds is 4. The van der Waals surface area contributed by atoms with Crippen LogP contribution in [0.2, 0.25) is 0 Å². The van der Waals surface area contributed by atoms with E-state index in [1.54, 1.807) is 4.31 Å². The third-order valence-corrected chi connectivity index (χ3v) is 5.44. The van der Waals surface area contributed by atoms with Gasteiger partial charge in [-0.1, -0.05) is 6.42 Å². The van der Waals surface area contributed by atoms with Crippen molar-refractivity contribution < 1.29 is 8.42 Å². The number of piperidine rings is 1. The molecule has 0 saturated carbocycles. The zero-order valence-corrected chi connectivity index (χ0v) is 11.6. The molecule has 0 aliphatic carbocycles. The highest BCUT2D eigenvalue weighted by Gasteiger charge is 2.36. The Bertz CT molecular complexity index is 471. The number of aromatic nitrogens is 2. The summed E-state index contributed by atoms with van der Waals surface area (Å²) < 4.78 is 26.6. The van der Waals surface area contributed by atoms with Gasteiger partial charge >= 0.3 is 0 Å². The molecule has 1 aromatic heterocycles. The topological polar surface area (TPSA) is 78.1 Å². The van der Waals surface area contributed by atoms with Crippen LogP contribution >= 0.6 is 0 Å². The molecule has 0 spiro atoms. The lowest BCUT2D eigenvalue weighted by Gasteiger charge is -2.37. The predicted octanol–water partition coefficient (Wildman–Crippen LogP) is 0.561. The van der Waals surface area contributed by atoms with E-state index in [0.717, 1.165) is 19.3 Å². The van der Waals surface area contributed by atoms with E-state index in [2.05, 4.69) is 15.3 Å². The smallest absolute Gasteiger partial charge is 0.260 e. The van der Waals surface area contributed by atoms with Crippen molar-refractivity contribution >= 4 is 10.0 Å². The number of nitrogens with zero attached hydrogens (tertiary/aromatic N) is 2. The van der Waals surface area contributed by atoms with Crippen LogP contribution in [0.15, 0.2) is 17.6 Å². The van der Waals surface area contributed by atoms with Crippen LogP contribution in [-0.4, -0.2) is 48.4 Å². The average Bonchev–Trinajstić information content (AvgIpc) is 2.92. The fourth-order valence-electron chi connectivity index (χ4n) is 2.43. The first-order valence-electron chi connectivity index (χ1n) is 6.25. The van der Waals surface area contributed by atoms with E-state index in [-0.39, 0.29) is 17.1 Å². The Morgan fingerprint density at radius 3 is 2.94 bits per heavy atom. The van der Waals surface area contributed by atoms with Crippen molar-refractivity contribution in [3.05, 3.63) is 12.5 Å². The Morgan fingerprint density at radius 2 is 2.33 bits per heavy atom. The summed E-state index contributed by atoms with van der Waals surface area (Å²) in [6.07, 6.45) is 5.65. The number of H-pyrrole nitrogens is 1. The first-order valence-corrected chi connectivity index (χ1v) is 7.69. The standard InChI is InChI=1S/C11H20N4O2S/c1-9(12-2)10-5-3-4-6-15(10)18(16,17)11-7-13-8-14-11/h7-10,12H,3-6H2,1-2H3,(H,13,14). The van der Waals surface area contributed by atoms with E-state index in [1.807, 2.05) is 14.0 Å². The van der Waals surface area contributed by atoms with Crippen molar-refractivity contribution in [1.82, 2.24) is 19.6 Å². The van der Waals surface area contributed by atoms with Gasteiger partial charge in [0.15, 0.2) is 5.03 Å². The molecule has 102 valence electrons. The highest BCUT2D eigenvalue weighted by atomic mass is 32.2. The second-order valence-electron chi connectivity index (χ2n) is 4.67. The lowest BCUT2D eigenvalue weighted by atomic mass is 9.99. The molecule has 2 unspecified atom stereocenters. The molecule has 1 aliphatic rings. The van der Waals surface area contributed by atoms with Gasteiger partial charge in [-0.15, -0.1) is 0 Å². The quantitative estimate of drug-likeness (QED) is 0.839. The summed E-state index contributed by atoms with van der Waals surface area (Å²) in [5, 5.41) is 3.33. The molecule has 1 saturated heterocycles. The van der Waals surface area contributed by atoms with E-state index >= 15 is 0 Å². The van der Waals surface area contributed by atoms with E-state index in [0.29, 0.717) is 6.54 Å². The van der Waals surface area contributed by atoms with Gasteiger partial charge in [-0.25, -0.2) is 13.4 Å². The highest BCUT2D eigenvalue weighted by molar-refractivity contribution is 7.89. The largest absolute Gasteiger partial charge is 0.335 e. The molecule has 2 atom stereocenters. The first kappa shape index (κ1) is 13.5. The van der Waals surface area contributed by atoms with E-state index in [9.17, 15) is 8.42 Å². The van der Waals surface area contributed by atoms with Gasteiger partial charge in [0.05, 0.1) is 12.5 Å². The van der Waals surface area contributed by atoms with E-state index < -0.39 is 10.0 Å². The molecule has 0 bridgehead atoms. The summed E-state index contributed by atoms with van der Waals surface area (Å²) in [7, 11) is -1.59. The molecule has 1 aliphatic heterocycles. The second kappa shape index (κ2) is 5.38. The Hall–Kier alpha value is -0.920. The Kier molecular flexibility index (Phi) is 4.04. The molecule has 0 radical (unpaired) electrons. The molecular weight excluding hydrogens is 252 g/mol. The van der Waals surface area contributed by atoms with Gasteiger partial charge < -0.3 is 10.3 Å². The monoisotopic (exact) mass is 272 g/mol. The number of hydrogen-bond donors (Lipinski definition) is 2. The minimum absolute atomic E-state index is 0.0112. The molecule has 2 rings (SSSR count). The van der Waals surface area contributed by atoms with Crippen LogP contribution in [0.4, 0.5) is 0 Å². The summed E-state index contributed by atoms with van der Waals surface area (Å²) >= 11 is 0. The van der Waals surface area contributed by atoms with Crippen LogP contribution in [-0.2, 0) is 10.0 Å². The summed E-state index contributed by atoms with van der Waals surface area (Å²) in [6.45, 7) is 2.60. The van der Waals surface area contributed by atoms with Crippen LogP contribution in [0.5, 0.6) is 0 Å². The van der Waals surface area contributed by atoms with Gasteiger partial charge in [0, 0.05) is 18.6 Å². The maximum atomic E-state index is 12.5. The van der Waals surface area contributed by atoms with Gasteiger partial charge in [0.25, 0.3) is 10.0 Å². The highest BCUT2D eigenvalue weighted by Crippen LogP contribution is 2.25. The number of sulfonamides is 1. The van der Waals surface area contributed by atoms with Crippen molar-refractivity contribution in [2.45, 2.75) is 43.3 Å². The SMILES string of the molecule is CNC(C)C1CCCCN1S(=O)(=O)c1cnc[nH]1. The number of nitrogens with one attached hydrogen (secondary N) is 2. The van der Waals surface area contributed by atoms with Crippen molar-refractivity contribution in [2.24, 2.45) is 0 Å². The predicted molar refractivity (Wildman–Crippen MR) is 68.6 cm³/mol. The molecule has 1 aromatic rings. The van der Waals surface area contributed by atoms with Crippen molar-refractivity contribution in [3.63, 3.8) is 0 Å². The third-order valence-electron chi connectivity index (χ3n) is 3.59. The minimum Gasteiger partial charge on any atom is -0.335 e. The van der Waals surface area contributed by atoms with Gasteiger partial charge in [-0.05, 0) is 26.8 Å². The molecular formula is C11H20N4O2S. The van der Waals surface area contributed by atoms with Gasteiger partial charge in [-0.3, -0.25) is 0 Å². The molecule has 0 amide bonds. The van der Waals surface area contributed by atoms with Crippen LogP contribution in [0.3, 0.4) is 0 Å². The Morgan fingerprint density at radius 1 is 1.56 bits per heavy atom. The lowest BCUT2D eigenvalue weighted by molar-refractivity contribution is 0.213. The first-order chi connectivity index (χ1) is 8.57. The molecule has 18 heavy (non-hydrogen) atoms. The van der Waals surface area contributed by atoms with Gasteiger partial charge in [0.2, 0.25) is 0 Å². The van der Waals surface area contributed by atoms with Crippen molar-refractivity contribution in [3.8, 4) is 0 Å². The maximum absolute atomic E-state index is 12.5. The number of aromatic amines is 1. The number of imidazole rings is 1. The van der Waals surface area contributed by atoms with Gasteiger partial charge in [-0.2, -0.15) is 4.31 Å². The van der Waals surface area contributed by atoms with Crippen LogP contribution in [0, 0.1) is 0 Å². The lowest BCUT2D eigenvalue weighted by Crippen LogP contribution is -2.52. The summed E-state index contributed by atoms with van der Waals surface area (Å²) in [4.78, 5) is 6.49. The Labute approximate surface area is 108 Å². The number of likely N-dealkylation sites (N-methyl/N-ethyl adjacent to an activating group) is 1. The maximum Gasteiger partial charge on any atom is 0.260 e. The fraction of sp³-hybridized carbons (Fsp3) is 0.727. The van der Waals surface area contributed by atoms with Gasteiger partial charge in [0.1, 0.15) is 0 Å². The van der Waals surface area contributed by atoms with Crippen molar-refractivity contribution in [2.75, 3.05) is 13.6 Å². The van der Waals surface area contributed by atoms with Crippen LogP contribution in [0.25, 0.3) is 0 Å². The van der Waals surface area contributed by atoms with Crippen LogP contribution in [0.1, 0.15) is 26.2 Å². The summed E-state index contributed by atoms with van der Waals surface area (Å²) in [5.41, 5.74) is 0. The van der Waals surface area contributed by atoms with Crippen molar-refractivity contribution in [1.29, 1.82) is 0 Å². The Balaban J connectivity index is 2.29. The molecule has 7 heteroatoms.